The summed E-state index contributed by atoms with van der Waals surface area (Å²) in [5.74, 6) is 0.783. The fourth-order valence-electron chi connectivity index (χ4n) is 3.97. The number of hydrogen-bond acceptors (Lipinski definition) is 1. The van der Waals surface area contributed by atoms with Crippen LogP contribution in [0.5, 0.6) is 0 Å². The van der Waals surface area contributed by atoms with Crippen molar-refractivity contribution in [1.82, 2.24) is 4.90 Å². The largest absolute Gasteiger partial charge is 0.322 e. The molecule has 1 N–H and O–H groups in total. The van der Waals surface area contributed by atoms with Crippen LogP contribution in [0.3, 0.4) is 0 Å². The van der Waals surface area contributed by atoms with Gasteiger partial charge in [-0.05, 0) is 55.6 Å². The minimum atomic E-state index is 0.0792. The van der Waals surface area contributed by atoms with Gasteiger partial charge in [-0.25, -0.2) is 4.79 Å². The third-order valence-electron chi connectivity index (χ3n) is 5.47. The average Bonchev–Trinajstić information content (AvgIpc) is 2.46. The molecule has 22 heavy (non-hydrogen) atoms. The highest BCUT2D eigenvalue weighted by Gasteiger charge is 2.35. The van der Waals surface area contributed by atoms with Gasteiger partial charge in [0.05, 0.1) is 0 Å². The fraction of sp³-hybridized carbons (Fsp3) is 0.632. The summed E-state index contributed by atoms with van der Waals surface area (Å²) in [6.07, 6.45) is 4.74. The first kappa shape index (κ1) is 15.4. The van der Waals surface area contributed by atoms with E-state index in [1.165, 1.54) is 24.0 Å². The quantitative estimate of drug-likeness (QED) is 0.782. The molecule has 0 radical (unpaired) electrons. The third-order valence-corrected chi connectivity index (χ3v) is 5.47. The molecule has 1 aliphatic heterocycles. The first-order chi connectivity index (χ1) is 10.3. The molecule has 3 nitrogen and oxygen atoms in total. The summed E-state index contributed by atoms with van der Waals surface area (Å²) in [4.78, 5) is 14.5. The number of aryl methyl sites for hydroxylation is 1. The van der Waals surface area contributed by atoms with E-state index < -0.39 is 0 Å². The Labute approximate surface area is 134 Å². The first-order valence-electron chi connectivity index (χ1n) is 8.52. The van der Waals surface area contributed by atoms with Crippen molar-refractivity contribution in [2.45, 2.75) is 66.0 Å². The van der Waals surface area contributed by atoms with Gasteiger partial charge in [0.1, 0.15) is 0 Å². The number of carbonyl (C=O) groups excluding carboxylic acids is 1. The number of nitrogens with one attached hydrogen (secondary N) is 1. The van der Waals surface area contributed by atoms with Gasteiger partial charge in [0.25, 0.3) is 0 Å². The van der Waals surface area contributed by atoms with E-state index in [4.69, 9.17) is 0 Å². The Bertz CT molecular complexity index is 565. The van der Waals surface area contributed by atoms with Crippen molar-refractivity contribution in [3.05, 3.63) is 29.3 Å². The summed E-state index contributed by atoms with van der Waals surface area (Å²) in [5.41, 5.74) is 3.87. The molecular formula is C19H28N2O. The van der Waals surface area contributed by atoms with Crippen molar-refractivity contribution in [3.63, 3.8) is 0 Å². The lowest BCUT2D eigenvalue weighted by atomic mass is 9.71. The van der Waals surface area contributed by atoms with Crippen molar-refractivity contribution in [1.29, 1.82) is 0 Å². The minimum Gasteiger partial charge on any atom is -0.317 e. The second-order valence-corrected chi connectivity index (χ2v) is 8.09. The monoisotopic (exact) mass is 300 g/mol. The number of benzene rings is 1. The van der Waals surface area contributed by atoms with Crippen molar-refractivity contribution in [3.8, 4) is 0 Å². The summed E-state index contributed by atoms with van der Waals surface area (Å²) in [6.45, 7) is 9.88. The molecule has 0 saturated heterocycles. The van der Waals surface area contributed by atoms with E-state index in [-0.39, 0.29) is 6.03 Å². The van der Waals surface area contributed by atoms with E-state index in [1.54, 1.807) is 0 Å². The van der Waals surface area contributed by atoms with Crippen LogP contribution >= 0.6 is 0 Å². The lowest BCUT2D eigenvalue weighted by Gasteiger charge is -2.42. The van der Waals surface area contributed by atoms with Gasteiger partial charge in [0.15, 0.2) is 0 Å². The summed E-state index contributed by atoms with van der Waals surface area (Å²) in [6, 6.07) is 6.75. The van der Waals surface area contributed by atoms with Crippen molar-refractivity contribution < 1.29 is 4.79 Å². The highest BCUT2D eigenvalue weighted by atomic mass is 16.2. The second kappa shape index (κ2) is 5.60. The number of urea groups is 1. The molecule has 120 valence electrons. The van der Waals surface area contributed by atoms with Gasteiger partial charge in [-0.2, -0.15) is 0 Å². The molecule has 1 aromatic carbocycles. The summed E-state index contributed by atoms with van der Waals surface area (Å²) in [7, 11) is 0. The molecule has 1 aromatic rings. The lowest BCUT2D eigenvalue weighted by molar-refractivity contribution is 0.108. The maximum Gasteiger partial charge on any atom is 0.322 e. The number of hydrogen-bond donors (Lipinski definition) is 1. The second-order valence-electron chi connectivity index (χ2n) is 8.09. The van der Waals surface area contributed by atoms with Gasteiger partial charge in [0, 0.05) is 18.3 Å². The van der Waals surface area contributed by atoms with Gasteiger partial charge in [-0.1, -0.05) is 38.5 Å². The standard InChI is InChI=1S/C19H28N2O/c1-13-5-10-17-14(11-13)12-21(18(22)20-17)16-8-6-15(7-9-16)19(2,3)4/h5,10-11,15-16H,6-9,12H2,1-4H3,(H,20,22). The Balaban J connectivity index is 1.70. The Morgan fingerprint density at radius 1 is 1.14 bits per heavy atom. The van der Waals surface area contributed by atoms with Crippen molar-refractivity contribution in [2.24, 2.45) is 11.3 Å². The van der Waals surface area contributed by atoms with E-state index in [2.05, 4.69) is 50.0 Å². The van der Waals surface area contributed by atoms with Gasteiger partial charge < -0.3 is 10.2 Å². The zero-order chi connectivity index (χ0) is 15.9. The van der Waals surface area contributed by atoms with Gasteiger partial charge in [-0.3, -0.25) is 0 Å². The number of anilines is 1. The molecule has 0 bridgehead atoms. The number of amides is 2. The van der Waals surface area contributed by atoms with Crippen LogP contribution in [0.4, 0.5) is 10.5 Å². The maximum atomic E-state index is 12.4. The Hall–Kier alpha value is -1.51. The molecule has 3 heteroatoms. The van der Waals surface area contributed by atoms with Gasteiger partial charge in [0.2, 0.25) is 0 Å². The molecule has 1 saturated carbocycles. The van der Waals surface area contributed by atoms with Crippen LogP contribution < -0.4 is 5.32 Å². The zero-order valence-corrected chi connectivity index (χ0v) is 14.3. The predicted octanol–water partition coefficient (Wildman–Crippen LogP) is 4.95. The fourth-order valence-corrected chi connectivity index (χ4v) is 3.97. The SMILES string of the molecule is Cc1ccc2c(c1)CN(C1CCC(C(C)(C)C)CC1)C(=O)N2. The third kappa shape index (κ3) is 2.99. The summed E-state index contributed by atoms with van der Waals surface area (Å²) < 4.78 is 0. The van der Waals surface area contributed by atoms with Crippen LogP contribution in [-0.2, 0) is 6.54 Å². The molecule has 1 fully saturated rings. The molecular weight excluding hydrogens is 272 g/mol. The molecule has 0 spiro atoms. The molecule has 2 aliphatic rings. The van der Waals surface area contributed by atoms with Crippen molar-refractivity contribution >= 4 is 11.7 Å². The topological polar surface area (TPSA) is 32.3 Å². The Morgan fingerprint density at radius 3 is 2.45 bits per heavy atom. The first-order valence-corrected chi connectivity index (χ1v) is 8.52. The van der Waals surface area contributed by atoms with Crippen LogP contribution in [0.25, 0.3) is 0 Å². The van der Waals surface area contributed by atoms with Crippen molar-refractivity contribution in [2.75, 3.05) is 5.32 Å². The van der Waals surface area contributed by atoms with E-state index >= 15 is 0 Å². The van der Waals surface area contributed by atoms with Crippen LogP contribution in [-0.4, -0.2) is 17.0 Å². The smallest absolute Gasteiger partial charge is 0.317 e. The van der Waals surface area contributed by atoms with E-state index in [1.807, 2.05) is 6.07 Å². The highest BCUT2D eigenvalue weighted by Crippen LogP contribution is 2.40. The lowest BCUT2D eigenvalue weighted by Crippen LogP contribution is -2.47. The van der Waals surface area contributed by atoms with Crippen LogP contribution in [0.2, 0.25) is 0 Å². The number of rotatable bonds is 1. The van der Waals surface area contributed by atoms with E-state index in [0.717, 1.165) is 31.0 Å². The zero-order valence-electron chi connectivity index (χ0n) is 14.3. The molecule has 0 aromatic heterocycles. The van der Waals surface area contributed by atoms with Crippen LogP contribution in [0.1, 0.15) is 57.6 Å². The maximum absolute atomic E-state index is 12.4. The number of fused-ring (bicyclic) bond motifs is 1. The van der Waals surface area contributed by atoms with Crippen LogP contribution in [0, 0.1) is 18.3 Å². The molecule has 0 atom stereocenters. The summed E-state index contributed by atoms with van der Waals surface area (Å²) in [5, 5.41) is 3.06. The molecule has 1 aliphatic carbocycles. The number of carbonyl (C=O) groups is 1. The van der Waals surface area contributed by atoms with E-state index in [0.29, 0.717) is 11.5 Å². The Kier molecular flexibility index (Phi) is 3.92. The highest BCUT2D eigenvalue weighted by molar-refractivity contribution is 5.92. The minimum absolute atomic E-state index is 0.0792. The van der Waals surface area contributed by atoms with Crippen LogP contribution in [0.15, 0.2) is 18.2 Å². The molecule has 3 rings (SSSR count). The normalized spacial score (nSPS) is 25.6. The van der Waals surface area contributed by atoms with E-state index in [9.17, 15) is 4.79 Å². The summed E-state index contributed by atoms with van der Waals surface area (Å²) >= 11 is 0. The molecule has 0 unspecified atom stereocenters. The predicted molar refractivity (Wildman–Crippen MR) is 90.9 cm³/mol. The molecule has 1 heterocycles. The van der Waals surface area contributed by atoms with Gasteiger partial charge >= 0.3 is 6.03 Å². The molecule has 2 amide bonds. The average molecular weight is 300 g/mol. The number of nitrogens with zero attached hydrogens (tertiary/aromatic N) is 1. The Morgan fingerprint density at radius 2 is 1.82 bits per heavy atom. The van der Waals surface area contributed by atoms with Gasteiger partial charge in [-0.15, -0.1) is 0 Å².